The molecule has 2 aliphatic heterocycles. The van der Waals surface area contributed by atoms with Crippen LogP contribution in [0.25, 0.3) is 0 Å². The Labute approximate surface area is 109 Å². The van der Waals surface area contributed by atoms with Crippen molar-refractivity contribution in [1.29, 1.82) is 0 Å². The van der Waals surface area contributed by atoms with E-state index in [9.17, 15) is 10.1 Å². The topological polar surface area (TPSA) is 91.5 Å². The van der Waals surface area contributed by atoms with Crippen molar-refractivity contribution >= 4 is 11.6 Å². The van der Waals surface area contributed by atoms with Gasteiger partial charge in [0, 0.05) is 13.2 Å². The van der Waals surface area contributed by atoms with Gasteiger partial charge < -0.3 is 24.9 Å². The lowest BCUT2D eigenvalue weighted by Crippen LogP contribution is -2.38. The van der Waals surface area contributed by atoms with Crippen molar-refractivity contribution < 1.29 is 14.4 Å². The first-order chi connectivity index (χ1) is 9.22. The van der Waals surface area contributed by atoms with Crippen LogP contribution >= 0.6 is 0 Å². The van der Waals surface area contributed by atoms with E-state index < -0.39 is 4.92 Å². The largest absolute Gasteiger partial charge is 0.392 e. The van der Waals surface area contributed by atoms with Gasteiger partial charge in [0.05, 0.1) is 23.8 Å². The molecule has 8 nitrogen and oxygen atoms in total. The molecule has 1 aromatic rings. The minimum atomic E-state index is -0.493. The second kappa shape index (κ2) is 5.14. The molecule has 0 radical (unpaired) electrons. The van der Waals surface area contributed by atoms with Gasteiger partial charge in [0.1, 0.15) is 0 Å². The molecule has 3 heterocycles. The number of ether oxygens (including phenoxy) is 2. The van der Waals surface area contributed by atoms with E-state index in [1.165, 1.54) is 6.07 Å². The Morgan fingerprint density at radius 1 is 1.58 bits per heavy atom. The van der Waals surface area contributed by atoms with Gasteiger partial charge in [-0.3, -0.25) is 0 Å². The number of nitro groups is 1. The number of nitrogens with zero attached hydrogens (tertiary/aromatic N) is 3. The highest BCUT2D eigenvalue weighted by Gasteiger charge is 2.28. The third-order valence-electron chi connectivity index (χ3n) is 3.32. The van der Waals surface area contributed by atoms with Crippen LogP contribution in [0.2, 0.25) is 0 Å². The Morgan fingerprint density at radius 2 is 2.47 bits per heavy atom. The quantitative estimate of drug-likeness (QED) is 0.652. The molecule has 19 heavy (non-hydrogen) atoms. The molecule has 1 saturated heterocycles. The van der Waals surface area contributed by atoms with Gasteiger partial charge in [-0.05, 0) is 24.2 Å². The fourth-order valence-corrected chi connectivity index (χ4v) is 2.37. The van der Waals surface area contributed by atoms with Crippen LogP contribution in [-0.2, 0) is 16.0 Å². The van der Waals surface area contributed by atoms with Crippen molar-refractivity contribution in [2.75, 3.05) is 18.5 Å². The van der Waals surface area contributed by atoms with Crippen LogP contribution in [0.4, 0.5) is 11.6 Å². The third kappa shape index (κ3) is 2.69. The van der Waals surface area contributed by atoms with Crippen LogP contribution in [0, 0.1) is 10.1 Å². The molecule has 2 aliphatic rings. The molecule has 2 unspecified atom stereocenters. The monoisotopic (exact) mass is 268 g/mol. The molecule has 0 aromatic carbocycles. The molecule has 104 valence electrons. The highest BCUT2D eigenvalue weighted by atomic mass is 16.7. The second-order valence-electron chi connectivity index (χ2n) is 4.76. The fourth-order valence-electron chi connectivity index (χ4n) is 2.37. The first kappa shape index (κ1) is 12.4. The maximum absolute atomic E-state index is 10.7. The molecule has 0 saturated carbocycles. The van der Waals surface area contributed by atoms with Crippen LogP contribution in [0.15, 0.2) is 6.07 Å². The minimum absolute atomic E-state index is 0.0740. The Hall–Kier alpha value is -1.67. The molecular weight excluding hydrogens is 252 g/mol. The van der Waals surface area contributed by atoms with Gasteiger partial charge in [-0.25, -0.2) is 0 Å². The van der Waals surface area contributed by atoms with Gasteiger partial charge in [0.15, 0.2) is 12.1 Å². The van der Waals surface area contributed by atoms with Crippen LogP contribution in [0.5, 0.6) is 0 Å². The number of rotatable bonds is 3. The summed E-state index contributed by atoms with van der Waals surface area (Å²) in [4.78, 5) is 10.2. The summed E-state index contributed by atoms with van der Waals surface area (Å²) < 4.78 is 12.9. The van der Waals surface area contributed by atoms with E-state index in [-0.39, 0.29) is 18.2 Å². The van der Waals surface area contributed by atoms with Gasteiger partial charge in [0.25, 0.3) is 0 Å². The van der Waals surface area contributed by atoms with Crippen molar-refractivity contribution in [3.63, 3.8) is 0 Å². The van der Waals surface area contributed by atoms with E-state index in [2.05, 4.69) is 10.4 Å². The molecule has 8 heteroatoms. The first-order valence-electron chi connectivity index (χ1n) is 6.45. The summed E-state index contributed by atoms with van der Waals surface area (Å²) in [5, 5.41) is 17.7. The van der Waals surface area contributed by atoms with Crippen molar-refractivity contribution in [3.05, 3.63) is 16.2 Å². The Kier molecular flexibility index (Phi) is 3.34. The van der Waals surface area contributed by atoms with E-state index >= 15 is 0 Å². The smallest absolute Gasteiger partial charge is 0.366 e. The lowest BCUT2D eigenvalue weighted by Gasteiger charge is -2.29. The first-order valence-corrected chi connectivity index (χ1v) is 6.45. The summed E-state index contributed by atoms with van der Waals surface area (Å²) >= 11 is 0. The molecule has 3 rings (SSSR count). The summed E-state index contributed by atoms with van der Waals surface area (Å²) in [7, 11) is 0. The van der Waals surface area contributed by atoms with Gasteiger partial charge in [-0.2, -0.15) is 4.68 Å². The minimum Gasteiger partial charge on any atom is -0.366 e. The lowest BCUT2D eigenvalue weighted by molar-refractivity contribution is -0.389. The van der Waals surface area contributed by atoms with Gasteiger partial charge in [-0.15, -0.1) is 0 Å². The maximum Gasteiger partial charge on any atom is 0.392 e. The molecule has 0 aliphatic carbocycles. The molecule has 0 spiro atoms. The predicted molar refractivity (Wildman–Crippen MR) is 65.8 cm³/mol. The second-order valence-corrected chi connectivity index (χ2v) is 4.76. The summed E-state index contributed by atoms with van der Waals surface area (Å²) in [6.07, 6.45) is 2.87. The zero-order valence-electron chi connectivity index (χ0n) is 10.4. The molecule has 1 aromatic heterocycles. The number of nitrogens with one attached hydrogen (secondary N) is 1. The van der Waals surface area contributed by atoms with Crippen molar-refractivity contribution in [2.45, 2.75) is 38.2 Å². The Morgan fingerprint density at radius 3 is 3.21 bits per heavy atom. The Balaban J connectivity index is 1.63. The zero-order valence-corrected chi connectivity index (χ0v) is 10.4. The van der Waals surface area contributed by atoms with E-state index in [0.717, 1.165) is 25.9 Å². The molecule has 2 atom stereocenters. The summed E-state index contributed by atoms with van der Waals surface area (Å²) in [5.74, 6) is 0.521. The van der Waals surface area contributed by atoms with Crippen LogP contribution in [0.3, 0.4) is 0 Å². The summed E-state index contributed by atoms with van der Waals surface area (Å²) in [6, 6.07) is 1.44. The van der Waals surface area contributed by atoms with E-state index in [4.69, 9.17) is 9.47 Å². The standard InChI is InChI=1S/C11H16N4O4/c16-15(17)10-5-9-12-6-8(7-14(9)13-10)19-11-3-1-2-4-18-11/h5,8,11-12H,1-4,6-7H2. The maximum atomic E-state index is 10.7. The number of hydrogen-bond donors (Lipinski definition) is 1. The molecule has 0 amide bonds. The van der Waals surface area contributed by atoms with E-state index in [1.54, 1.807) is 4.68 Å². The molecular formula is C11H16N4O4. The molecule has 0 bridgehead atoms. The SMILES string of the molecule is O=[N+]([O-])c1cc2n(n1)CC(OC1CCCCO1)CN2. The third-order valence-corrected chi connectivity index (χ3v) is 3.32. The number of aromatic nitrogens is 2. The lowest BCUT2D eigenvalue weighted by atomic mass is 10.2. The van der Waals surface area contributed by atoms with Crippen LogP contribution < -0.4 is 5.32 Å². The summed E-state index contributed by atoms with van der Waals surface area (Å²) in [6.45, 7) is 1.86. The van der Waals surface area contributed by atoms with Gasteiger partial charge >= 0.3 is 5.82 Å². The van der Waals surface area contributed by atoms with E-state index in [0.29, 0.717) is 18.9 Å². The predicted octanol–water partition coefficient (Wildman–Crippen LogP) is 1.13. The highest BCUT2D eigenvalue weighted by molar-refractivity contribution is 5.43. The summed E-state index contributed by atoms with van der Waals surface area (Å²) in [5.41, 5.74) is 0. The highest BCUT2D eigenvalue weighted by Crippen LogP contribution is 2.23. The van der Waals surface area contributed by atoms with E-state index in [1.807, 2.05) is 0 Å². The van der Waals surface area contributed by atoms with Crippen molar-refractivity contribution in [2.24, 2.45) is 0 Å². The molecule has 1 fully saturated rings. The molecule has 1 N–H and O–H groups in total. The zero-order chi connectivity index (χ0) is 13.2. The van der Waals surface area contributed by atoms with Crippen molar-refractivity contribution in [1.82, 2.24) is 9.78 Å². The number of anilines is 1. The average Bonchev–Trinajstić information content (AvgIpc) is 2.83. The number of hydrogen-bond acceptors (Lipinski definition) is 6. The van der Waals surface area contributed by atoms with Gasteiger partial charge in [-0.1, -0.05) is 0 Å². The Bertz CT molecular complexity index is 469. The van der Waals surface area contributed by atoms with Crippen LogP contribution in [-0.4, -0.2) is 40.2 Å². The normalized spacial score (nSPS) is 26.5. The fraction of sp³-hybridized carbons (Fsp3) is 0.727. The average molecular weight is 268 g/mol. The van der Waals surface area contributed by atoms with Crippen molar-refractivity contribution in [3.8, 4) is 0 Å². The number of fused-ring (bicyclic) bond motifs is 1. The van der Waals surface area contributed by atoms with Gasteiger partial charge in [0.2, 0.25) is 0 Å². The van der Waals surface area contributed by atoms with Crippen LogP contribution in [0.1, 0.15) is 19.3 Å².